The van der Waals surface area contributed by atoms with Crippen molar-refractivity contribution < 1.29 is 4.74 Å². The van der Waals surface area contributed by atoms with Crippen molar-refractivity contribution in [3.8, 4) is 11.4 Å². The van der Waals surface area contributed by atoms with Gasteiger partial charge in [-0.15, -0.1) is 0 Å². The number of para-hydroxylation sites is 2. The molecule has 0 fully saturated rings. The zero-order valence-corrected chi connectivity index (χ0v) is 8.55. The quantitative estimate of drug-likeness (QED) is 0.819. The van der Waals surface area contributed by atoms with Crippen LogP contribution in [0.3, 0.4) is 0 Å². The van der Waals surface area contributed by atoms with E-state index in [2.05, 4.69) is 5.10 Å². The average molecular weight is 203 g/mol. The predicted molar refractivity (Wildman–Crippen MR) is 58.0 cm³/mol. The number of aromatic nitrogens is 2. The lowest BCUT2D eigenvalue weighted by Crippen LogP contribution is -2.01. The predicted octanol–water partition coefficient (Wildman–Crippen LogP) is 1.34. The number of hydrogen-bond acceptors (Lipinski definition) is 3. The third-order valence-electron chi connectivity index (χ3n) is 2.19. The van der Waals surface area contributed by atoms with E-state index in [0.717, 1.165) is 17.1 Å². The number of rotatable bonds is 3. The SMILES string of the molecule is COc1ccccc1-n1ccc(CN)n1. The summed E-state index contributed by atoms with van der Waals surface area (Å²) in [6.07, 6.45) is 1.88. The maximum Gasteiger partial charge on any atom is 0.144 e. The molecule has 2 aromatic rings. The van der Waals surface area contributed by atoms with Gasteiger partial charge >= 0.3 is 0 Å². The van der Waals surface area contributed by atoms with Gasteiger partial charge in [0, 0.05) is 12.7 Å². The molecule has 0 saturated carbocycles. The van der Waals surface area contributed by atoms with Gasteiger partial charge in [-0.25, -0.2) is 4.68 Å². The van der Waals surface area contributed by atoms with Crippen molar-refractivity contribution in [2.75, 3.05) is 7.11 Å². The highest BCUT2D eigenvalue weighted by Gasteiger charge is 2.04. The average Bonchev–Trinajstić information content (AvgIpc) is 2.77. The van der Waals surface area contributed by atoms with Gasteiger partial charge in [-0.2, -0.15) is 5.10 Å². The van der Waals surface area contributed by atoms with Crippen LogP contribution in [0.1, 0.15) is 5.69 Å². The standard InChI is InChI=1S/C11H13N3O/c1-15-11-5-3-2-4-10(11)14-7-6-9(8-12)13-14/h2-7H,8,12H2,1H3. The van der Waals surface area contributed by atoms with Crippen LogP contribution < -0.4 is 10.5 Å². The normalized spacial score (nSPS) is 10.3. The lowest BCUT2D eigenvalue weighted by Gasteiger charge is -2.07. The lowest BCUT2D eigenvalue weighted by atomic mass is 10.3. The molecule has 0 spiro atoms. The molecule has 2 rings (SSSR count). The number of hydrogen-bond donors (Lipinski definition) is 1. The van der Waals surface area contributed by atoms with Gasteiger partial charge in [-0.05, 0) is 18.2 Å². The number of ether oxygens (including phenoxy) is 1. The van der Waals surface area contributed by atoms with E-state index in [-0.39, 0.29) is 0 Å². The molecule has 4 heteroatoms. The highest BCUT2D eigenvalue weighted by Crippen LogP contribution is 2.21. The molecule has 0 aliphatic carbocycles. The Morgan fingerprint density at radius 2 is 2.13 bits per heavy atom. The third kappa shape index (κ3) is 1.85. The summed E-state index contributed by atoms with van der Waals surface area (Å²) in [4.78, 5) is 0. The molecule has 0 aliphatic heterocycles. The molecule has 1 heterocycles. The molecule has 0 radical (unpaired) electrons. The molecule has 78 valence electrons. The fraction of sp³-hybridized carbons (Fsp3) is 0.182. The number of nitrogens with zero attached hydrogens (tertiary/aromatic N) is 2. The van der Waals surface area contributed by atoms with Crippen molar-refractivity contribution in [1.29, 1.82) is 0 Å². The Kier molecular flexibility index (Phi) is 2.69. The largest absolute Gasteiger partial charge is 0.494 e. The molecule has 0 amide bonds. The topological polar surface area (TPSA) is 53.1 Å². The minimum atomic E-state index is 0.447. The highest BCUT2D eigenvalue weighted by molar-refractivity contribution is 5.45. The Bertz CT molecular complexity index is 451. The van der Waals surface area contributed by atoms with Crippen molar-refractivity contribution in [3.63, 3.8) is 0 Å². The molecule has 0 aliphatic rings. The van der Waals surface area contributed by atoms with Gasteiger partial charge in [-0.3, -0.25) is 0 Å². The van der Waals surface area contributed by atoms with Crippen molar-refractivity contribution in [2.45, 2.75) is 6.54 Å². The smallest absolute Gasteiger partial charge is 0.144 e. The van der Waals surface area contributed by atoms with Crippen LogP contribution in [0, 0.1) is 0 Å². The second kappa shape index (κ2) is 4.14. The van der Waals surface area contributed by atoms with Crippen LogP contribution in [0.2, 0.25) is 0 Å². The van der Waals surface area contributed by atoms with Crippen molar-refractivity contribution in [3.05, 3.63) is 42.2 Å². The van der Waals surface area contributed by atoms with Gasteiger partial charge in [0.2, 0.25) is 0 Å². The first kappa shape index (κ1) is 9.73. The molecule has 0 saturated heterocycles. The molecular formula is C11H13N3O. The molecule has 1 aromatic carbocycles. The first-order valence-corrected chi connectivity index (χ1v) is 4.73. The Morgan fingerprint density at radius 1 is 1.33 bits per heavy atom. The molecule has 0 unspecified atom stereocenters. The maximum atomic E-state index is 5.50. The van der Waals surface area contributed by atoms with Gasteiger partial charge < -0.3 is 10.5 Å². The fourth-order valence-electron chi connectivity index (χ4n) is 1.42. The first-order chi connectivity index (χ1) is 7.35. The van der Waals surface area contributed by atoms with Crippen LogP contribution >= 0.6 is 0 Å². The summed E-state index contributed by atoms with van der Waals surface area (Å²) >= 11 is 0. The Balaban J connectivity index is 2.44. The summed E-state index contributed by atoms with van der Waals surface area (Å²) in [5.41, 5.74) is 7.28. The monoisotopic (exact) mass is 203 g/mol. The van der Waals surface area contributed by atoms with Crippen molar-refractivity contribution >= 4 is 0 Å². The maximum absolute atomic E-state index is 5.50. The van der Waals surface area contributed by atoms with Crippen molar-refractivity contribution in [1.82, 2.24) is 9.78 Å². The summed E-state index contributed by atoms with van der Waals surface area (Å²) in [5, 5.41) is 4.32. The number of methoxy groups -OCH3 is 1. The van der Waals surface area contributed by atoms with Gasteiger partial charge in [0.05, 0.1) is 12.8 Å². The van der Waals surface area contributed by atoms with Crippen LogP contribution in [0.5, 0.6) is 5.75 Å². The van der Waals surface area contributed by atoms with Crippen LogP contribution in [0.4, 0.5) is 0 Å². The van der Waals surface area contributed by atoms with E-state index < -0.39 is 0 Å². The zero-order chi connectivity index (χ0) is 10.7. The minimum absolute atomic E-state index is 0.447. The van der Waals surface area contributed by atoms with Gasteiger partial charge in [0.15, 0.2) is 0 Å². The number of nitrogens with two attached hydrogens (primary N) is 1. The van der Waals surface area contributed by atoms with E-state index in [1.54, 1.807) is 11.8 Å². The van der Waals surface area contributed by atoms with E-state index >= 15 is 0 Å². The molecule has 2 N–H and O–H groups in total. The second-order valence-corrected chi connectivity index (χ2v) is 3.13. The summed E-state index contributed by atoms with van der Waals surface area (Å²) in [6.45, 7) is 0.447. The Labute approximate surface area is 88.3 Å². The molecule has 1 aromatic heterocycles. The van der Waals surface area contributed by atoms with E-state index in [1.807, 2.05) is 36.5 Å². The van der Waals surface area contributed by atoms with Gasteiger partial charge in [0.1, 0.15) is 11.4 Å². The van der Waals surface area contributed by atoms with E-state index in [9.17, 15) is 0 Å². The lowest BCUT2D eigenvalue weighted by molar-refractivity contribution is 0.411. The van der Waals surface area contributed by atoms with E-state index in [4.69, 9.17) is 10.5 Å². The molecule has 4 nitrogen and oxygen atoms in total. The highest BCUT2D eigenvalue weighted by atomic mass is 16.5. The Hall–Kier alpha value is -1.81. The summed E-state index contributed by atoms with van der Waals surface area (Å²) < 4.78 is 7.02. The van der Waals surface area contributed by atoms with Crippen LogP contribution in [0.25, 0.3) is 5.69 Å². The van der Waals surface area contributed by atoms with Gasteiger partial charge in [-0.1, -0.05) is 12.1 Å². The first-order valence-electron chi connectivity index (χ1n) is 4.73. The van der Waals surface area contributed by atoms with Crippen molar-refractivity contribution in [2.24, 2.45) is 5.73 Å². The van der Waals surface area contributed by atoms with E-state index in [0.29, 0.717) is 6.54 Å². The van der Waals surface area contributed by atoms with Gasteiger partial charge in [0.25, 0.3) is 0 Å². The zero-order valence-electron chi connectivity index (χ0n) is 8.55. The second-order valence-electron chi connectivity index (χ2n) is 3.13. The fourth-order valence-corrected chi connectivity index (χ4v) is 1.42. The van der Waals surface area contributed by atoms with Crippen LogP contribution in [0.15, 0.2) is 36.5 Å². The summed E-state index contributed by atoms with van der Waals surface area (Å²) in [6, 6.07) is 9.62. The molecule has 0 atom stereocenters. The van der Waals surface area contributed by atoms with Crippen LogP contribution in [-0.2, 0) is 6.54 Å². The summed E-state index contributed by atoms with van der Waals surface area (Å²) in [5.74, 6) is 0.796. The minimum Gasteiger partial charge on any atom is -0.494 e. The summed E-state index contributed by atoms with van der Waals surface area (Å²) in [7, 11) is 1.65. The molecule has 15 heavy (non-hydrogen) atoms. The van der Waals surface area contributed by atoms with E-state index in [1.165, 1.54) is 0 Å². The number of benzene rings is 1. The molecule has 0 bridgehead atoms. The molecular weight excluding hydrogens is 190 g/mol. The van der Waals surface area contributed by atoms with Crippen LogP contribution in [-0.4, -0.2) is 16.9 Å². The Morgan fingerprint density at radius 3 is 2.80 bits per heavy atom. The third-order valence-corrected chi connectivity index (χ3v) is 2.19.